The first-order chi connectivity index (χ1) is 6.68. The second kappa shape index (κ2) is 3.89. The summed E-state index contributed by atoms with van der Waals surface area (Å²) in [7, 11) is 0. The van der Waals surface area contributed by atoms with Gasteiger partial charge in [0.25, 0.3) is 0 Å². The minimum Gasteiger partial charge on any atom is -0.368 e. The Labute approximate surface area is 89.2 Å². The third-order valence-corrected chi connectivity index (χ3v) is 2.71. The normalized spacial score (nSPS) is 19.0. The highest BCUT2D eigenvalue weighted by Crippen LogP contribution is 2.19. The first kappa shape index (κ1) is 9.97. The summed E-state index contributed by atoms with van der Waals surface area (Å²) in [6.07, 6.45) is 0. The second-order valence-corrected chi connectivity index (χ2v) is 4.41. The van der Waals surface area contributed by atoms with Crippen LogP contribution in [0.5, 0.6) is 0 Å². The summed E-state index contributed by atoms with van der Waals surface area (Å²) in [5.74, 6) is 0. The van der Waals surface area contributed by atoms with Gasteiger partial charge in [0.1, 0.15) is 0 Å². The van der Waals surface area contributed by atoms with Crippen molar-refractivity contribution < 1.29 is 4.74 Å². The Kier molecular flexibility index (Phi) is 2.77. The Morgan fingerprint density at radius 1 is 1.50 bits per heavy atom. The molecule has 2 nitrogen and oxygen atoms in total. The minimum absolute atomic E-state index is 0.0162. The van der Waals surface area contributed by atoms with Gasteiger partial charge in [0.2, 0.25) is 0 Å². The highest BCUT2D eigenvalue weighted by Gasteiger charge is 2.32. The van der Waals surface area contributed by atoms with Crippen molar-refractivity contribution in [2.24, 2.45) is 0 Å². The third kappa shape index (κ3) is 2.27. The van der Waals surface area contributed by atoms with Crippen molar-refractivity contribution in [2.75, 3.05) is 13.1 Å². The molecule has 1 aliphatic heterocycles. The fourth-order valence-electron chi connectivity index (χ4n) is 1.46. The molecule has 1 saturated heterocycles. The lowest BCUT2D eigenvalue weighted by atomic mass is 10.00. The fourth-order valence-corrected chi connectivity index (χ4v) is 1.68. The molecule has 0 radical (unpaired) electrons. The summed E-state index contributed by atoms with van der Waals surface area (Å²) in [6, 6.07) is 7.79. The summed E-state index contributed by atoms with van der Waals surface area (Å²) >= 11 is 5.87. The van der Waals surface area contributed by atoms with Crippen LogP contribution in [0, 0.1) is 0 Å². The molecule has 3 heteroatoms. The zero-order chi connectivity index (χ0) is 10.0. The molecular weight excluding hydrogens is 198 g/mol. The number of rotatable bonds is 3. The smallest absolute Gasteiger partial charge is 0.0906 e. The third-order valence-electron chi connectivity index (χ3n) is 2.47. The van der Waals surface area contributed by atoms with E-state index in [1.54, 1.807) is 0 Å². The largest absolute Gasteiger partial charge is 0.368 e. The van der Waals surface area contributed by atoms with Crippen molar-refractivity contribution in [1.29, 1.82) is 0 Å². The molecule has 1 heterocycles. The molecule has 1 aliphatic rings. The summed E-state index contributed by atoms with van der Waals surface area (Å²) in [4.78, 5) is 0. The van der Waals surface area contributed by atoms with Gasteiger partial charge in [-0.25, -0.2) is 0 Å². The zero-order valence-electron chi connectivity index (χ0n) is 8.22. The minimum atomic E-state index is 0.0162. The molecule has 14 heavy (non-hydrogen) atoms. The number of hydrogen-bond acceptors (Lipinski definition) is 2. The average molecular weight is 212 g/mol. The van der Waals surface area contributed by atoms with Crippen LogP contribution in [0.3, 0.4) is 0 Å². The lowest BCUT2D eigenvalue weighted by molar-refractivity contribution is -0.0767. The van der Waals surface area contributed by atoms with E-state index in [1.165, 1.54) is 0 Å². The van der Waals surface area contributed by atoms with E-state index in [1.807, 2.05) is 24.3 Å². The topological polar surface area (TPSA) is 21.3 Å². The average Bonchev–Trinajstić information content (AvgIpc) is 2.12. The highest BCUT2D eigenvalue weighted by atomic mass is 35.5. The fraction of sp³-hybridized carbons (Fsp3) is 0.455. The van der Waals surface area contributed by atoms with E-state index in [0.29, 0.717) is 6.61 Å². The van der Waals surface area contributed by atoms with Crippen LogP contribution in [-0.2, 0) is 11.3 Å². The molecule has 0 spiro atoms. The first-order valence-corrected chi connectivity index (χ1v) is 5.15. The van der Waals surface area contributed by atoms with Gasteiger partial charge in [-0.15, -0.1) is 0 Å². The Morgan fingerprint density at radius 3 is 2.86 bits per heavy atom. The monoisotopic (exact) mass is 211 g/mol. The van der Waals surface area contributed by atoms with Crippen molar-refractivity contribution in [3.8, 4) is 0 Å². The van der Waals surface area contributed by atoms with Crippen LogP contribution in [0.2, 0.25) is 5.02 Å². The molecule has 1 aromatic rings. The van der Waals surface area contributed by atoms with Gasteiger partial charge in [0, 0.05) is 18.1 Å². The maximum absolute atomic E-state index is 5.87. The van der Waals surface area contributed by atoms with E-state index >= 15 is 0 Å². The molecule has 0 atom stereocenters. The Balaban J connectivity index is 1.91. The second-order valence-electron chi connectivity index (χ2n) is 3.97. The molecule has 0 unspecified atom stereocenters. The van der Waals surface area contributed by atoms with E-state index in [0.717, 1.165) is 23.7 Å². The van der Waals surface area contributed by atoms with Crippen molar-refractivity contribution >= 4 is 11.6 Å². The van der Waals surface area contributed by atoms with Gasteiger partial charge in [-0.05, 0) is 24.6 Å². The lowest BCUT2D eigenvalue weighted by Gasteiger charge is -2.39. The van der Waals surface area contributed by atoms with Crippen molar-refractivity contribution in [2.45, 2.75) is 19.1 Å². The van der Waals surface area contributed by atoms with E-state index in [4.69, 9.17) is 16.3 Å². The summed E-state index contributed by atoms with van der Waals surface area (Å²) in [5.41, 5.74) is 1.15. The molecule has 1 fully saturated rings. The van der Waals surface area contributed by atoms with Gasteiger partial charge in [0.05, 0.1) is 12.2 Å². The van der Waals surface area contributed by atoms with E-state index < -0.39 is 0 Å². The van der Waals surface area contributed by atoms with Crippen molar-refractivity contribution in [3.63, 3.8) is 0 Å². The summed E-state index contributed by atoms with van der Waals surface area (Å²) < 4.78 is 5.79. The van der Waals surface area contributed by atoms with Crippen LogP contribution >= 0.6 is 11.6 Å². The Morgan fingerprint density at radius 2 is 2.29 bits per heavy atom. The number of halogens is 1. The van der Waals surface area contributed by atoms with Gasteiger partial charge in [-0.2, -0.15) is 0 Å². The van der Waals surface area contributed by atoms with Crippen LogP contribution in [0.4, 0.5) is 0 Å². The first-order valence-electron chi connectivity index (χ1n) is 4.77. The molecular formula is C11H14ClNO. The molecule has 0 saturated carbocycles. The van der Waals surface area contributed by atoms with Gasteiger partial charge < -0.3 is 10.1 Å². The van der Waals surface area contributed by atoms with Gasteiger partial charge in [-0.1, -0.05) is 23.7 Å². The predicted molar refractivity (Wildman–Crippen MR) is 57.5 cm³/mol. The molecule has 76 valence electrons. The maximum atomic E-state index is 5.87. The molecule has 0 aliphatic carbocycles. The standard InChI is InChI=1S/C11H14ClNO/c1-11(7-13-8-11)14-6-9-3-2-4-10(12)5-9/h2-5,13H,6-8H2,1H3. The van der Waals surface area contributed by atoms with Gasteiger partial charge in [-0.3, -0.25) is 0 Å². The maximum Gasteiger partial charge on any atom is 0.0906 e. The molecule has 1 N–H and O–H groups in total. The van der Waals surface area contributed by atoms with Crippen LogP contribution in [0.25, 0.3) is 0 Å². The van der Waals surface area contributed by atoms with Crippen LogP contribution < -0.4 is 5.32 Å². The summed E-state index contributed by atoms with van der Waals surface area (Å²) in [5, 5.41) is 3.96. The molecule has 1 aromatic carbocycles. The number of ether oxygens (including phenoxy) is 1. The van der Waals surface area contributed by atoms with Gasteiger partial charge in [0.15, 0.2) is 0 Å². The van der Waals surface area contributed by atoms with Gasteiger partial charge >= 0.3 is 0 Å². The molecule has 2 rings (SSSR count). The molecule has 0 bridgehead atoms. The van der Waals surface area contributed by atoms with E-state index in [-0.39, 0.29) is 5.60 Å². The predicted octanol–water partition coefficient (Wildman–Crippen LogP) is 2.22. The van der Waals surface area contributed by atoms with Crippen molar-refractivity contribution in [3.05, 3.63) is 34.9 Å². The Bertz CT molecular complexity index is 323. The highest BCUT2D eigenvalue weighted by molar-refractivity contribution is 6.30. The van der Waals surface area contributed by atoms with Crippen LogP contribution in [-0.4, -0.2) is 18.7 Å². The van der Waals surface area contributed by atoms with Crippen LogP contribution in [0.15, 0.2) is 24.3 Å². The van der Waals surface area contributed by atoms with Crippen molar-refractivity contribution in [1.82, 2.24) is 5.32 Å². The molecule has 0 amide bonds. The lowest BCUT2D eigenvalue weighted by Crippen LogP contribution is -2.58. The Hall–Kier alpha value is -0.570. The summed E-state index contributed by atoms with van der Waals surface area (Å²) in [6.45, 7) is 4.63. The zero-order valence-corrected chi connectivity index (χ0v) is 8.97. The van der Waals surface area contributed by atoms with Crippen LogP contribution in [0.1, 0.15) is 12.5 Å². The molecule has 0 aromatic heterocycles. The number of benzene rings is 1. The quantitative estimate of drug-likeness (QED) is 0.828. The number of nitrogens with one attached hydrogen (secondary N) is 1. The SMILES string of the molecule is CC1(OCc2cccc(Cl)c2)CNC1. The number of hydrogen-bond donors (Lipinski definition) is 1. The van der Waals surface area contributed by atoms with E-state index in [2.05, 4.69) is 12.2 Å². The van der Waals surface area contributed by atoms with E-state index in [9.17, 15) is 0 Å².